The molecule has 0 spiro atoms. The highest BCUT2D eigenvalue weighted by Gasteiger charge is 2.45. The van der Waals surface area contributed by atoms with E-state index in [0.717, 1.165) is 19.3 Å². The van der Waals surface area contributed by atoms with Crippen molar-refractivity contribution < 1.29 is 33.0 Å². The van der Waals surface area contributed by atoms with Crippen molar-refractivity contribution in [3.05, 3.63) is 0 Å². The Morgan fingerprint density at radius 1 is 1.24 bits per heavy atom. The predicted octanol–water partition coefficient (Wildman–Crippen LogP) is 2.27. The third-order valence-electron chi connectivity index (χ3n) is 3.42. The van der Waals surface area contributed by atoms with Gasteiger partial charge in [0.05, 0.1) is 0 Å². The smallest absolute Gasteiger partial charge is 0.509 e. The van der Waals surface area contributed by atoms with E-state index in [1.807, 2.05) is 0 Å². The van der Waals surface area contributed by atoms with Gasteiger partial charge in [0, 0.05) is 0 Å². The van der Waals surface area contributed by atoms with Crippen LogP contribution in [0.2, 0.25) is 0 Å². The molecule has 0 aliphatic heterocycles. The summed E-state index contributed by atoms with van der Waals surface area (Å²) in [6.45, 7) is 3.24. The van der Waals surface area contributed by atoms with Crippen LogP contribution in [-0.2, 0) is 14.3 Å². The van der Waals surface area contributed by atoms with Crippen LogP contribution in [0, 0.1) is 5.92 Å². The van der Waals surface area contributed by atoms with Crippen molar-refractivity contribution in [2.75, 3.05) is 0 Å². The van der Waals surface area contributed by atoms with Gasteiger partial charge in [0.1, 0.15) is 12.1 Å². The number of rotatable bonds is 6. The molecule has 0 aromatic heterocycles. The van der Waals surface area contributed by atoms with Crippen molar-refractivity contribution >= 4 is 12.1 Å². The first-order chi connectivity index (χ1) is 9.73. The molecule has 7 heteroatoms. The summed E-state index contributed by atoms with van der Waals surface area (Å²) in [7, 11) is 0. The van der Waals surface area contributed by atoms with Gasteiger partial charge < -0.3 is 19.4 Å². The van der Waals surface area contributed by atoms with Crippen LogP contribution in [0.15, 0.2) is 0 Å². The number of aliphatic carboxylic acids is 1. The van der Waals surface area contributed by atoms with Crippen molar-refractivity contribution in [1.82, 2.24) is 0 Å². The molecule has 1 saturated carbocycles. The molecule has 1 atom stereocenters. The minimum Gasteiger partial charge on any atom is -0.544 e. The first kappa shape index (κ1) is 17.7. The van der Waals surface area contributed by atoms with Gasteiger partial charge in [0.25, 0.3) is 0 Å². The SMILES string of the molecule is CC(C)CC(OC(=O)OC1CCCCC1)C(F)(F)C(=O)[O-]. The normalized spacial score (nSPS) is 18.3. The van der Waals surface area contributed by atoms with Crippen LogP contribution in [0.4, 0.5) is 13.6 Å². The molecule has 122 valence electrons. The van der Waals surface area contributed by atoms with Crippen LogP contribution in [0.5, 0.6) is 0 Å². The molecule has 0 aromatic rings. The fourth-order valence-corrected chi connectivity index (χ4v) is 2.29. The van der Waals surface area contributed by atoms with Crippen LogP contribution in [0.3, 0.4) is 0 Å². The highest BCUT2D eigenvalue weighted by Crippen LogP contribution is 2.27. The average molecular weight is 307 g/mol. The predicted molar refractivity (Wildman–Crippen MR) is 67.6 cm³/mol. The topological polar surface area (TPSA) is 75.7 Å². The number of alkyl halides is 2. The number of halogens is 2. The summed E-state index contributed by atoms with van der Waals surface area (Å²) < 4.78 is 36.6. The maximum atomic E-state index is 13.5. The lowest BCUT2D eigenvalue weighted by atomic mass is 9.98. The fourth-order valence-electron chi connectivity index (χ4n) is 2.29. The maximum Gasteiger partial charge on any atom is 0.509 e. The zero-order valence-electron chi connectivity index (χ0n) is 12.3. The minimum absolute atomic E-state index is 0.275. The summed E-state index contributed by atoms with van der Waals surface area (Å²) in [4.78, 5) is 22.1. The third kappa shape index (κ3) is 5.47. The van der Waals surface area contributed by atoms with Crippen molar-refractivity contribution in [3.8, 4) is 0 Å². The van der Waals surface area contributed by atoms with Crippen LogP contribution < -0.4 is 5.11 Å². The number of hydrogen-bond acceptors (Lipinski definition) is 5. The Kier molecular flexibility index (Phi) is 6.36. The molecule has 1 rings (SSSR count). The molecule has 1 aliphatic carbocycles. The van der Waals surface area contributed by atoms with Gasteiger partial charge in [-0.15, -0.1) is 0 Å². The van der Waals surface area contributed by atoms with Gasteiger partial charge in [-0.05, 0) is 38.0 Å². The van der Waals surface area contributed by atoms with Gasteiger partial charge in [-0.2, -0.15) is 8.78 Å². The van der Waals surface area contributed by atoms with Gasteiger partial charge in [-0.3, -0.25) is 0 Å². The van der Waals surface area contributed by atoms with E-state index in [0.29, 0.717) is 12.8 Å². The van der Waals surface area contributed by atoms with Crippen molar-refractivity contribution in [3.63, 3.8) is 0 Å². The molecule has 0 saturated heterocycles. The van der Waals surface area contributed by atoms with E-state index < -0.39 is 24.2 Å². The molecule has 1 aliphatic rings. The number of hydrogen-bond donors (Lipinski definition) is 0. The molecule has 0 radical (unpaired) electrons. The lowest BCUT2D eigenvalue weighted by Crippen LogP contribution is -2.51. The Hall–Kier alpha value is -1.40. The van der Waals surface area contributed by atoms with E-state index >= 15 is 0 Å². The number of carbonyl (C=O) groups is 2. The first-order valence-electron chi connectivity index (χ1n) is 7.20. The van der Waals surface area contributed by atoms with Crippen molar-refractivity contribution in [1.29, 1.82) is 0 Å². The monoisotopic (exact) mass is 307 g/mol. The fraction of sp³-hybridized carbons (Fsp3) is 0.857. The maximum absolute atomic E-state index is 13.5. The van der Waals surface area contributed by atoms with Crippen LogP contribution in [-0.4, -0.2) is 30.3 Å². The standard InChI is InChI=1S/C14H22F2O5/c1-9(2)8-11(14(15,16)12(17)18)21-13(19)20-10-6-4-3-5-7-10/h9-11H,3-8H2,1-2H3,(H,17,18)/p-1. The van der Waals surface area contributed by atoms with E-state index in [1.165, 1.54) is 0 Å². The van der Waals surface area contributed by atoms with E-state index in [4.69, 9.17) is 4.74 Å². The Morgan fingerprint density at radius 3 is 2.29 bits per heavy atom. The molecule has 21 heavy (non-hydrogen) atoms. The Balaban J connectivity index is 2.62. The van der Waals surface area contributed by atoms with Crippen LogP contribution in [0.25, 0.3) is 0 Å². The Bertz CT molecular complexity index is 364. The summed E-state index contributed by atoms with van der Waals surface area (Å²) in [5.74, 6) is -7.07. The Labute approximate surface area is 122 Å². The van der Waals surface area contributed by atoms with E-state index in [9.17, 15) is 23.5 Å². The summed E-state index contributed by atoms with van der Waals surface area (Å²) in [5, 5.41) is 10.5. The molecule has 1 unspecified atom stereocenters. The molecule has 0 heterocycles. The van der Waals surface area contributed by atoms with Gasteiger partial charge >= 0.3 is 12.1 Å². The Morgan fingerprint density at radius 2 is 1.81 bits per heavy atom. The minimum atomic E-state index is -4.24. The van der Waals surface area contributed by atoms with E-state index in [1.54, 1.807) is 13.8 Å². The van der Waals surface area contributed by atoms with Gasteiger partial charge in [-0.25, -0.2) is 4.79 Å². The number of carboxylic acids is 1. The molecular formula is C14H21F2O5-. The summed E-state index contributed by atoms with van der Waals surface area (Å²) in [6.07, 6.45) is 0.232. The average Bonchev–Trinajstić information content (AvgIpc) is 2.38. The van der Waals surface area contributed by atoms with Gasteiger partial charge in [-0.1, -0.05) is 20.3 Å². The summed E-state index contributed by atoms with van der Waals surface area (Å²) >= 11 is 0. The molecule has 5 nitrogen and oxygen atoms in total. The third-order valence-corrected chi connectivity index (χ3v) is 3.42. The lowest BCUT2D eigenvalue weighted by molar-refractivity contribution is -0.336. The first-order valence-corrected chi connectivity index (χ1v) is 7.20. The quantitative estimate of drug-likeness (QED) is 0.704. The molecular weight excluding hydrogens is 286 g/mol. The molecule has 0 N–H and O–H groups in total. The highest BCUT2D eigenvalue weighted by atomic mass is 19.3. The zero-order chi connectivity index (χ0) is 16.0. The summed E-state index contributed by atoms with van der Waals surface area (Å²) in [6, 6.07) is 0. The molecule has 0 aromatic carbocycles. The second-order valence-corrected chi connectivity index (χ2v) is 5.77. The van der Waals surface area contributed by atoms with Gasteiger partial charge in [0.15, 0.2) is 6.10 Å². The van der Waals surface area contributed by atoms with Crippen LogP contribution in [0.1, 0.15) is 52.4 Å². The second kappa shape index (κ2) is 7.56. The van der Waals surface area contributed by atoms with E-state index in [-0.39, 0.29) is 18.4 Å². The number of carboxylic acid groups (broad SMARTS) is 1. The molecule has 1 fully saturated rings. The second-order valence-electron chi connectivity index (χ2n) is 5.77. The molecule has 0 amide bonds. The lowest BCUT2D eigenvalue weighted by Gasteiger charge is -2.29. The number of ether oxygens (including phenoxy) is 2. The van der Waals surface area contributed by atoms with Crippen molar-refractivity contribution in [2.24, 2.45) is 5.92 Å². The largest absolute Gasteiger partial charge is 0.544 e. The highest BCUT2D eigenvalue weighted by molar-refractivity contribution is 5.74. The summed E-state index contributed by atoms with van der Waals surface area (Å²) in [5.41, 5.74) is 0. The van der Waals surface area contributed by atoms with Crippen molar-refractivity contribution in [2.45, 2.75) is 70.5 Å². The zero-order valence-corrected chi connectivity index (χ0v) is 12.3. The van der Waals surface area contributed by atoms with E-state index in [2.05, 4.69) is 4.74 Å². The number of carbonyl (C=O) groups excluding carboxylic acids is 2. The van der Waals surface area contributed by atoms with Gasteiger partial charge in [0.2, 0.25) is 0 Å². The molecule has 0 bridgehead atoms. The van der Waals surface area contributed by atoms with Crippen LogP contribution >= 0.6 is 0 Å².